The van der Waals surface area contributed by atoms with Gasteiger partial charge in [-0.2, -0.15) is 0 Å². The van der Waals surface area contributed by atoms with Crippen LogP contribution in [0.15, 0.2) is 61.3 Å². The molecule has 0 saturated carbocycles. The smallest absolute Gasteiger partial charge is 0.253 e. The Labute approximate surface area is 152 Å². The van der Waals surface area contributed by atoms with Gasteiger partial charge >= 0.3 is 0 Å². The van der Waals surface area contributed by atoms with Gasteiger partial charge < -0.3 is 10.1 Å². The van der Waals surface area contributed by atoms with Crippen molar-refractivity contribution in [1.82, 2.24) is 19.9 Å². The molecule has 1 amide bonds. The van der Waals surface area contributed by atoms with E-state index in [0.29, 0.717) is 5.56 Å². The van der Waals surface area contributed by atoms with E-state index in [2.05, 4.69) is 29.1 Å². The van der Waals surface area contributed by atoms with Gasteiger partial charge in [0.1, 0.15) is 17.9 Å². The molecule has 1 unspecified atom stereocenters. The lowest BCUT2D eigenvalue weighted by molar-refractivity contribution is 0.0925. The van der Waals surface area contributed by atoms with Crippen molar-refractivity contribution in [2.24, 2.45) is 5.92 Å². The molecule has 0 aliphatic carbocycles. The molecular formula is C20H22N4O2. The predicted octanol–water partition coefficient (Wildman–Crippen LogP) is 3.40. The van der Waals surface area contributed by atoms with Crippen molar-refractivity contribution in [2.75, 3.05) is 7.11 Å². The molecule has 0 spiro atoms. The van der Waals surface area contributed by atoms with Crippen molar-refractivity contribution in [3.8, 4) is 11.6 Å². The van der Waals surface area contributed by atoms with Gasteiger partial charge in [0.05, 0.1) is 18.7 Å². The van der Waals surface area contributed by atoms with Crippen molar-refractivity contribution in [3.63, 3.8) is 0 Å². The maximum absolute atomic E-state index is 12.7. The van der Waals surface area contributed by atoms with E-state index in [1.807, 2.05) is 24.3 Å². The van der Waals surface area contributed by atoms with E-state index in [1.54, 1.807) is 48.7 Å². The molecule has 0 aliphatic heterocycles. The van der Waals surface area contributed by atoms with E-state index in [4.69, 9.17) is 4.74 Å². The number of nitrogens with zero attached hydrogens (tertiary/aromatic N) is 3. The van der Waals surface area contributed by atoms with Gasteiger partial charge in [-0.15, -0.1) is 0 Å². The number of pyridine rings is 1. The first-order valence-electron chi connectivity index (χ1n) is 8.47. The molecule has 2 heterocycles. The predicted molar refractivity (Wildman–Crippen MR) is 99.4 cm³/mol. The molecule has 2 aromatic heterocycles. The highest BCUT2D eigenvalue weighted by molar-refractivity contribution is 5.94. The van der Waals surface area contributed by atoms with E-state index >= 15 is 0 Å². The average Bonchev–Trinajstić information content (AvgIpc) is 3.21. The summed E-state index contributed by atoms with van der Waals surface area (Å²) in [5, 5.41) is 3.10. The van der Waals surface area contributed by atoms with Crippen LogP contribution < -0.4 is 10.1 Å². The van der Waals surface area contributed by atoms with Gasteiger partial charge in [0.15, 0.2) is 0 Å². The summed E-state index contributed by atoms with van der Waals surface area (Å²) < 4.78 is 6.99. The van der Waals surface area contributed by atoms with Gasteiger partial charge in [-0.1, -0.05) is 26.0 Å². The zero-order valence-electron chi connectivity index (χ0n) is 15.1. The fraction of sp³-hybridized carbons (Fsp3) is 0.250. The van der Waals surface area contributed by atoms with Crippen LogP contribution in [0, 0.1) is 5.92 Å². The Morgan fingerprint density at radius 1 is 1.15 bits per heavy atom. The summed E-state index contributed by atoms with van der Waals surface area (Å²) in [6.45, 7) is 4.16. The summed E-state index contributed by atoms with van der Waals surface area (Å²) in [4.78, 5) is 21.0. The molecule has 1 N–H and O–H groups in total. The minimum atomic E-state index is -0.149. The molecule has 0 bridgehead atoms. The molecule has 6 nitrogen and oxygen atoms in total. The number of hydrogen-bond donors (Lipinski definition) is 1. The first-order chi connectivity index (χ1) is 12.6. The van der Waals surface area contributed by atoms with Crippen molar-refractivity contribution < 1.29 is 9.53 Å². The Hall–Kier alpha value is -3.15. The van der Waals surface area contributed by atoms with Crippen LogP contribution in [0.5, 0.6) is 5.75 Å². The van der Waals surface area contributed by atoms with Crippen molar-refractivity contribution in [2.45, 2.75) is 19.9 Å². The van der Waals surface area contributed by atoms with E-state index in [9.17, 15) is 4.79 Å². The quantitative estimate of drug-likeness (QED) is 0.740. The molecule has 0 aliphatic rings. The maximum atomic E-state index is 12.7. The first kappa shape index (κ1) is 17.7. The first-order valence-corrected chi connectivity index (χ1v) is 8.47. The summed E-state index contributed by atoms with van der Waals surface area (Å²) in [5.74, 6) is 1.60. The molecule has 1 atom stereocenters. The highest BCUT2D eigenvalue weighted by Gasteiger charge is 2.19. The van der Waals surface area contributed by atoms with Crippen LogP contribution >= 0.6 is 0 Å². The van der Waals surface area contributed by atoms with Gasteiger partial charge in [0, 0.05) is 18.6 Å². The molecule has 3 rings (SSSR count). The lowest BCUT2D eigenvalue weighted by Crippen LogP contribution is -2.31. The fourth-order valence-electron chi connectivity index (χ4n) is 2.74. The molecular weight excluding hydrogens is 328 g/mol. The maximum Gasteiger partial charge on any atom is 0.253 e. The fourth-order valence-corrected chi connectivity index (χ4v) is 2.74. The molecule has 0 fully saturated rings. The lowest BCUT2D eigenvalue weighted by atomic mass is 9.95. The van der Waals surface area contributed by atoms with Crippen LogP contribution in [0.2, 0.25) is 0 Å². The summed E-state index contributed by atoms with van der Waals surface area (Å²) in [7, 11) is 1.64. The van der Waals surface area contributed by atoms with Crippen LogP contribution in [0.4, 0.5) is 0 Å². The van der Waals surface area contributed by atoms with E-state index in [1.165, 1.54) is 0 Å². The van der Waals surface area contributed by atoms with Crippen LogP contribution in [0.3, 0.4) is 0 Å². The summed E-state index contributed by atoms with van der Waals surface area (Å²) in [5.41, 5.74) is 1.56. The van der Waals surface area contributed by atoms with Crippen molar-refractivity contribution >= 4 is 5.91 Å². The van der Waals surface area contributed by atoms with Gasteiger partial charge in [-0.3, -0.25) is 9.36 Å². The Balaban J connectivity index is 1.75. The molecule has 3 aromatic rings. The second-order valence-electron chi connectivity index (χ2n) is 6.34. The molecule has 134 valence electrons. The number of carbonyl (C=O) groups is 1. The van der Waals surface area contributed by atoms with E-state index in [-0.39, 0.29) is 17.9 Å². The standard InChI is InChI=1S/C20H22N4O2/c1-14(2)19(15-4-7-17(26-3)8-5-15)23-20(25)16-6-9-18(22-12-16)24-11-10-21-13-24/h4-14,19H,1-3H3,(H,23,25). The second-order valence-corrected chi connectivity index (χ2v) is 6.34. The topological polar surface area (TPSA) is 69.0 Å². The van der Waals surface area contributed by atoms with Gasteiger partial charge in [-0.05, 0) is 35.7 Å². The molecule has 6 heteroatoms. The zero-order chi connectivity index (χ0) is 18.5. The lowest BCUT2D eigenvalue weighted by Gasteiger charge is -2.23. The number of imidazole rings is 1. The molecule has 0 saturated heterocycles. The molecule has 26 heavy (non-hydrogen) atoms. The van der Waals surface area contributed by atoms with Gasteiger partial charge in [0.2, 0.25) is 0 Å². The highest BCUT2D eigenvalue weighted by Crippen LogP contribution is 2.24. The Kier molecular flexibility index (Phi) is 5.31. The number of rotatable bonds is 6. The van der Waals surface area contributed by atoms with Crippen LogP contribution in [0.1, 0.15) is 35.8 Å². The van der Waals surface area contributed by atoms with E-state index in [0.717, 1.165) is 17.1 Å². The zero-order valence-corrected chi connectivity index (χ0v) is 15.1. The number of hydrogen-bond acceptors (Lipinski definition) is 4. The summed E-state index contributed by atoms with van der Waals surface area (Å²) >= 11 is 0. The van der Waals surface area contributed by atoms with Crippen LogP contribution in [-0.4, -0.2) is 27.6 Å². The Morgan fingerprint density at radius 3 is 2.46 bits per heavy atom. The molecule has 1 aromatic carbocycles. The second kappa shape index (κ2) is 7.82. The van der Waals surface area contributed by atoms with Crippen molar-refractivity contribution in [3.05, 3.63) is 72.4 Å². The number of aromatic nitrogens is 3. The Morgan fingerprint density at radius 2 is 1.92 bits per heavy atom. The minimum absolute atomic E-state index is 0.0956. The third-order valence-corrected chi connectivity index (χ3v) is 4.21. The largest absolute Gasteiger partial charge is 0.497 e. The van der Waals surface area contributed by atoms with Gasteiger partial charge in [-0.25, -0.2) is 9.97 Å². The summed E-state index contributed by atoms with van der Waals surface area (Å²) in [6.07, 6.45) is 6.74. The number of nitrogens with one attached hydrogen (secondary N) is 1. The summed E-state index contributed by atoms with van der Waals surface area (Å²) in [6, 6.07) is 11.2. The normalized spacial score (nSPS) is 12.0. The van der Waals surface area contributed by atoms with Crippen LogP contribution in [-0.2, 0) is 0 Å². The molecule has 0 radical (unpaired) electrons. The minimum Gasteiger partial charge on any atom is -0.497 e. The number of ether oxygens (including phenoxy) is 1. The third-order valence-electron chi connectivity index (χ3n) is 4.21. The van der Waals surface area contributed by atoms with E-state index < -0.39 is 0 Å². The number of carbonyl (C=O) groups excluding carboxylic acids is 1. The van der Waals surface area contributed by atoms with Crippen LogP contribution in [0.25, 0.3) is 5.82 Å². The SMILES string of the molecule is COc1ccc(C(NC(=O)c2ccc(-n3ccnc3)nc2)C(C)C)cc1. The monoisotopic (exact) mass is 350 g/mol. The Bertz CT molecular complexity index is 841. The number of amides is 1. The third kappa shape index (κ3) is 3.91. The van der Waals surface area contributed by atoms with Crippen molar-refractivity contribution in [1.29, 1.82) is 0 Å². The van der Waals surface area contributed by atoms with Gasteiger partial charge in [0.25, 0.3) is 5.91 Å². The average molecular weight is 350 g/mol. The highest BCUT2D eigenvalue weighted by atomic mass is 16.5. The number of methoxy groups -OCH3 is 1. The number of benzene rings is 1.